The largest absolute Gasteiger partial charge is 0.484 e. The van der Waals surface area contributed by atoms with Crippen molar-refractivity contribution in [2.75, 3.05) is 26.4 Å². The van der Waals surface area contributed by atoms with Crippen molar-refractivity contribution in [3.63, 3.8) is 0 Å². The summed E-state index contributed by atoms with van der Waals surface area (Å²) >= 11 is 0. The van der Waals surface area contributed by atoms with Gasteiger partial charge in [-0.1, -0.05) is 12.1 Å². The maximum absolute atomic E-state index is 11.0. The molecule has 20 heavy (non-hydrogen) atoms. The fourth-order valence-corrected chi connectivity index (χ4v) is 2.18. The van der Waals surface area contributed by atoms with E-state index in [2.05, 4.69) is 0 Å². The van der Waals surface area contributed by atoms with Crippen LogP contribution in [0.1, 0.15) is 18.4 Å². The highest BCUT2D eigenvalue weighted by Crippen LogP contribution is 2.29. The average molecular weight is 281 g/mol. The number of hydrogen-bond donors (Lipinski definition) is 0. The van der Waals surface area contributed by atoms with E-state index in [-0.39, 0.29) is 24.1 Å². The van der Waals surface area contributed by atoms with Crippen molar-refractivity contribution in [1.29, 1.82) is 0 Å². The van der Waals surface area contributed by atoms with Gasteiger partial charge in [-0.25, -0.2) is 0 Å². The third kappa shape index (κ3) is 3.91. The van der Waals surface area contributed by atoms with Gasteiger partial charge in [0, 0.05) is 12.2 Å². The SMILES string of the molecule is Cc1cccc(OCCOC[C@@H]2CCCO2)c1[N+](=O)[O-]. The molecule has 1 aromatic carbocycles. The minimum atomic E-state index is -0.419. The van der Waals surface area contributed by atoms with Gasteiger partial charge in [0.05, 0.1) is 24.2 Å². The van der Waals surface area contributed by atoms with Crippen LogP contribution >= 0.6 is 0 Å². The van der Waals surface area contributed by atoms with Crippen molar-refractivity contribution in [1.82, 2.24) is 0 Å². The third-order valence-corrected chi connectivity index (χ3v) is 3.20. The van der Waals surface area contributed by atoms with E-state index in [0.717, 1.165) is 19.4 Å². The molecule has 0 bridgehead atoms. The van der Waals surface area contributed by atoms with E-state index in [0.29, 0.717) is 18.8 Å². The van der Waals surface area contributed by atoms with Gasteiger partial charge in [0.2, 0.25) is 0 Å². The van der Waals surface area contributed by atoms with Crippen LogP contribution in [0.25, 0.3) is 0 Å². The zero-order chi connectivity index (χ0) is 14.4. The van der Waals surface area contributed by atoms with E-state index in [1.807, 2.05) is 0 Å². The topological polar surface area (TPSA) is 70.8 Å². The molecule has 6 heteroatoms. The molecule has 0 aromatic heterocycles. The van der Waals surface area contributed by atoms with Crippen LogP contribution in [-0.2, 0) is 9.47 Å². The molecule has 1 aliphatic rings. The van der Waals surface area contributed by atoms with Crippen LogP contribution in [0, 0.1) is 17.0 Å². The fraction of sp³-hybridized carbons (Fsp3) is 0.571. The summed E-state index contributed by atoms with van der Waals surface area (Å²) in [6.45, 7) is 3.74. The third-order valence-electron chi connectivity index (χ3n) is 3.20. The second-order valence-electron chi connectivity index (χ2n) is 4.74. The van der Waals surface area contributed by atoms with Crippen LogP contribution in [-0.4, -0.2) is 37.5 Å². The average Bonchev–Trinajstić information content (AvgIpc) is 2.91. The molecule has 1 aromatic rings. The summed E-state index contributed by atoms with van der Waals surface area (Å²) in [4.78, 5) is 10.6. The summed E-state index contributed by atoms with van der Waals surface area (Å²) in [5.74, 6) is 0.288. The van der Waals surface area contributed by atoms with Gasteiger partial charge in [-0.05, 0) is 25.8 Å². The lowest BCUT2D eigenvalue weighted by molar-refractivity contribution is -0.386. The van der Waals surface area contributed by atoms with Crippen molar-refractivity contribution in [2.45, 2.75) is 25.9 Å². The van der Waals surface area contributed by atoms with Crippen molar-refractivity contribution in [2.24, 2.45) is 0 Å². The smallest absolute Gasteiger partial charge is 0.313 e. The molecular formula is C14H19NO5. The van der Waals surface area contributed by atoms with Gasteiger partial charge in [-0.2, -0.15) is 0 Å². The molecule has 0 amide bonds. The second-order valence-corrected chi connectivity index (χ2v) is 4.74. The van der Waals surface area contributed by atoms with Crippen molar-refractivity contribution in [3.05, 3.63) is 33.9 Å². The molecule has 2 rings (SSSR count). The highest BCUT2D eigenvalue weighted by atomic mass is 16.6. The first kappa shape index (κ1) is 14.7. The van der Waals surface area contributed by atoms with E-state index in [4.69, 9.17) is 14.2 Å². The monoisotopic (exact) mass is 281 g/mol. The first-order chi connectivity index (χ1) is 9.68. The minimum absolute atomic E-state index is 0.0200. The summed E-state index contributed by atoms with van der Waals surface area (Å²) < 4.78 is 16.3. The number of aryl methyl sites for hydroxylation is 1. The number of benzene rings is 1. The van der Waals surface area contributed by atoms with E-state index in [1.165, 1.54) is 0 Å². The van der Waals surface area contributed by atoms with E-state index >= 15 is 0 Å². The molecule has 0 spiro atoms. The second kappa shape index (κ2) is 7.21. The highest BCUT2D eigenvalue weighted by molar-refractivity contribution is 5.51. The standard InChI is InChI=1S/C14H19NO5/c1-11-4-2-6-13(14(11)15(16)17)20-9-8-18-10-12-5-3-7-19-12/h2,4,6,12H,3,5,7-10H2,1H3/t12-/m0/s1. The number of nitro groups is 1. The van der Waals surface area contributed by atoms with Gasteiger partial charge in [-0.15, -0.1) is 0 Å². The number of rotatable bonds is 7. The van der Waals surface area contributed by atoms with E-state index in [9.17, 15) is 10.1 Å². The van der Waals surface area contributed by atoms with Crippen molar-refractivity contribution < 1.29 is 19.1 Å². The van der Waals surface area contributed by atoms with Crippen LogP contribution in [0.5, 0.6) is 5.75 Å². The number of nitrogens with zero attached hydrogens (tertiary/aromatic N) is 1. The lowest BCUT2D eigenvalue weighted by atomic mass is 10.2. The quantitative estimate of drug-likeness (QED) is 0.436. The Bertz CT molecular complexity index is 457. The summed E-state index contributed by atoms with van der Waals surface area (Å²) in [5, 5.41) is 11.0. The molecule has 0 saturated carbocycles. The molecule has 6 nitrogen and oxygen atoms in total. The van der Waals surface area contributed by atoms with Crippen molar-refractivity contribution in [3.8, 4) is 5.75 Å². The van der Waals surface area contributed by atoms with Gasteiger partial charge in [0.1, 0.15) is 6.61 Å². The zero-order valence-electron chi connectivity index (χ0n) is 11.5. The lowest BCUT2D eigenvalue weighted by Gasteiger charge is -2.11. The molecule has 0 radical (unpaired) electrons. The highest BCUT2D eigenvalue weighted by Gasteiger charge is 2.18. The molecule has 1 heterocycles. The Morgan fingerprint density at radius 1 is 1.45 bits per heavy atom. The normalized spacial score (nSPS) is 18.1. The van der Waals surface area contributed by atoms with E-state index < -0.39 is 4.92 Å². The van der Waals surface area contributed by atoms with Crippen molar-refractivity contribution >= 4 is 5.69 Å². The van der Waals surface area contributed by atoms with Gasteiger partial charge < -0.3 is 14.2 Å². The molecule has 1 fully saturated rings. The Labute approximate surface area is 117 Å². The Balaban J connectivity index is 1.76. The Hall–Kier alpha value is -1.66. The Kier molecular flexibility index (Phi) is 5.31. The van der Waals surface area contributed by atoms with Crippen LogP contribution in [0.3, 0.4) is 0 Å². The van der Waals surface area contributed by atoms with Crippen LogP contribution in [0.4, 0.5) is 5.69 Å². The zero-order valence-corrected chi connectivity index (χ0v) is 11.5. The Morgan fingerprint density at radius 2 is 2.30 bits per heavy atom. The predicted octanol–water partition coefficient (Wildman–Crippen LogP) is 2.48. The number of para-hydroxylation sites is 1. The summed E-state index contributed by atoms with van der Waals surface area (Å²) in [7, 11) is 0. The lowest BCUT2D eigenvalue weighted by Crippen LogP contribution is -2.17. The molecule has 0 unspecified atom stereocenters. The van der Waals surface area contributed by atoms with Gasteiger partial charge in [0.15, 0.2) is 5.75 Å². The maximum atomic E-state index is 11.0. The maximum Gasteiger partial charge on any atom is 0.313 e. The van der Waals surface area contributed by atoms with Gasteiger partial charge in [0.25, 0.3) is 0 Å². The minimum Gasteiger partial charge on any atom is -0.484 e. The molecular weight excluding hydrogens is 262 g/mol. The summed E-state index contributed by atoms with van der Waals surface area (Å²) in [6, 6.07) is 5.04. The van der Waals surface area contributed by atoms with Gasteiger partial charge >= 0.3 is 5.69 Å². The van der Waals surface area contributed by atoms with Gasteiger partial charge in [-0.3, -0.25) is 10.1 Å². The first-order valence-corrected chi connectivity index (χ1v) is 6.74. The number of nitro benzene ring substituents is 1. The molecule has 1 aliphatic heterocycles. The number of ether oxygens (including phenoxy) is 3. The fourth-order valence-electron chi connectivity index (χ4n) is 2.18. The first-order valence-electron chi connectivity index (χ1n) is 6.74. The molecule has 1 atom stereocenters. The molecule has 0 aliphatic carbocycles. The predicted molar refractivity (Wildman–Crippen MR) is 73.1 cm³/mol. The van der Waals surface area contributed by atoms with Crippen LogP contribution in [0.2, 0.25) is 0 Å². The molecule has 1 saturated heterocycles. The summed E-state index contributed by atoms with van der Waals surface area (Å²) in [6.07, 6.45) is 2.30. The van der Waals surface area contributed by atoms with Crippen LogP contribution < -0.4 is 4.74 Å². The molecule has 110 valence electrons. The molecule has 0 N–H and O–H groups in total. The Morgan fingerprint density at radius 3 is 3.00 bits per heavy atom. The van der Waals surface area contributed by atoms with E-state index in [1.54, 1.807) is 25.1 Å². The summed E-state index contributed by atoms with van der Waals surface area (Å²) in [5.41, 5.74) is 0.611. The van der Waals surface area contributed by atoms with Crippen LogP contribution in [0.15, 0.2) is 18.2 Å². The number of hydrogen-bond acceptors (Lipinski definition) is 5.